The zero-order valence-corrected chi connectivity index (χ0v) is 13.8. The van der Waals surface area contributed by atoms with Crippen LogP contribution in [0.15, 0.2) is 47.5 Å². The Labute approximate surface area is 138 Å². The summed E-state index contributed by atoms with van der Waals surface area (Å²) >= 11 is 0. The van der Waals surface area contributed by atoms with Gasteiger partial charge in [-0.05, 0) is 49.2 Å². The van der Waals surface area contributed by atoms with Crippen molar-refractivity contribution in [1.82, 2.24) is 4.98 Å². The molecular weight excluding hydrogens is 330 g/mol. The van der Waals surface area contributed by atoms with E-state index in [-0.39, 0.29) is 10.6 Å². The zero-order chi connectivity index (χ0) is 17.5. The number of nitro benzene ring substituents is 1. The van der Waals surface area contributed by atoms with Crippen LogP contribution < -0.4 is 4.72 Å². The molecule has 0 saturated heterocycles. The van der Waals surface area contributed by atoms with E-state index in [9.17, 15) is 18.5 Å². The topological polar surface area (TPSA) is 105 Å². The maximum absolute atomic E-state index is 12.7. The summed E-state index contributed by atoms with van der Waals surface area (Å²) in [6.45, 7) is 3.27. The van der Waals surface area contributed by atoms with Crippen molar-refractivity contribution in [1.29, 1.82) is 0 Å². The number of hydrogen-bond donors (Lipinski definition) is 2. The van der Waals surface area contributed by atoms with Gasteiger partial charge in [-0.15, -0.1) is 0 Å². The van der Waals surface area contributed by atoms with Crippen molar-refractivity contribution in [2.45, 2.75) is 18.7 Å². The summed E-state index contributed by atoms with van der Waals surface area (Å²) in [6, 6.07) is 9.37. The minimum absolute atomic E-state index is 0.0941. The molecule has 3 aromatic rings. The summed E-state index contributed by atoms with van der Waals surface area (Å²) in [4.78, 5) is 13.3. The maximum Gasteiger partial charge on any atom is 0.271 e. The van der Waals surface area contributed by atoms with Gasteiger partial charge in [-0.1, -0.05) is 0 Å². The Morgan fingerprint density at radius 3 is 2.58 bits per heavy atom. The predicted octanol–water partition coefficient (Wildman–Crippen LogP) is 3.49. The fourth-order valence-electron chi connectivity index (χ4n) is 2.52. The standard InChI is InChI=1S/C16H15N3O4S/c1-10-7-14(19(20)21)9-16(11(10)2)24(22,23)18-13-3-4-15-12(8-13)5-6-17-15/h3-9,17-18H,1-2H3. The SMILES string of the molecule is Cc1cc([N+](=O)[O-])cc(S(=O)(=O)Nc2ccc3[nH]ccc3c2)c1C. The van der Waals surface area contributed by atoms with Gasteiger partial charge in [0.15, 0.2) is 0 Å². The van der Waals surface area contributed by atoms with E-state index in [0.29, 0.717) is 16.8 Å². The molecule has 0 aliphatic rings. The van der Waals surface area contributed by atoms with Gasteiger partial charge < -0.3 is 4.98 Å². The maximum atomic E-state index is 12.7. The molecule has 0 radical (unpaired) electrons. The fraction of sp³-hybridized carbons (Fsp3) is 0.125. The monoisotopic (exact) mass is 345 g/mol. The van der Waals surface area contributed by atoms with Gasteiger partial charge in [0.1, 0.15) is 0 Å². The first-order valence-electron chi connectivity index (χ1n) is 7.13. The molecule has 7 nitrogen and oxygen atoms in total. The van der Waals surface area contributed by atoms with E-state index in [4.69, 9.17) is 0 Å². The smallest absolute Gasteiger partial charge is 0.271 e. The molecule has 1 heterocycles. The second kappa shape index (κ2) is 5.64. The number of aromatic nitrogens is 1. The highest BCUT2D eigenvalue weighted by Crippen LogP contribution is 2.27. The van der Waals surface area contributed by atoms with Gasteiger partial charge in [-0.25, -0.2) is 8.42 Å². The Kier molecular flexibility index (Phi) is 3.76. The average molecular weight is 345 g/mol. The average Bonchev–Trinajstić information content (AvgIpc) is 2.96. The van der Waals surface area contributed by atoms with Gasteiger partial charge in [0.05, 0.1) is 9.82 Å². The lowest BCUT2D eigenvalue weighted by Crippen LogP contribution is -2.15. The Balaban J connectivity index is 2.05. The number of fused-ring (bicyclic) bond motifs is 1. The Morgan fingerprint density at radius 2 is 1.88 bits per heavy atom. The summed E-state index contributed by atoms with van der Waals surface area (Å²) in [6.07, 6.45) is 1.76. The van der Waals surface area contributed by atoms with E-state index >= 15 is 0 Å². The number of nitro groups is 1. The van der Waals surface area contributed by atoms with Crippen molar-refractivity contribution in [3.8, 4) is 0 Å². The molecule has 0 fully saturated rings. The highest BCUT2D eigenvalue weighted by atomic mass is 32.2. The number of hydrogen-bond acceptors (Lipinski definition) is 4. The fourth-order valence-corrected chi connectivity index (χ4v) is 3.91. The molecule has 0 bridgehead atoms. The number of sulfonamides is 1. The van der Waals surface area contributed by atoms with Crippen molar-refractivity contribution in [3.05, 3.63) is 63.8 Å². The van der Waals surface area contributed by atoms with Gasteiger partial charge >= 0.3 is 0 Å². The molecule has 2 aromatic carbocycles. The first kappa shape index (κ1) is 16.0. The van der Waals surface area contributed by atoms with Gasteiger partial charge in [-0.2, -0.15) is 0 Å². The minimum atomic E-state index is -3.94. The van der Waals surface area contributed by atoms with Gasteiger partial charge in [0, 0.05) is 34.9 Å². The number of nitrogens with zero attached hydrogens (tertiary/aromatic N) is 1. The van der Waals surface area contributed by atoms with Crippen molar-refractivity contribution < 1.29 is 13.3 Å². The molecule has 0 aliphatic heterocycles. The van der Waals surface area contributed by atoms with Crippen LogP contribution in [0.3, 0.4) is 0 Å². The molecule has 0 atom stereocenters. The second-order valence-electron chi connectivity index (χ2n) is 5.53. The Bertz CT molecular complexity index is 1050. The third-order valence-electron chi connectivity index (χ3n) is 3.91. The summed E-state index contributed by atoms with van der Waals surface area (Å²) < 4.78 is 27.9. The summed E-state index contributed by atoms with van der Waals surface area (Å²) in [7, 11) is -3.94. The number of aromatic amines is 1. The third kappa shape index (κ3) is 2.83. The summed E-state index contributed by atoms with van der Waals surface area (Å²) in [5.74, 6) is 0. The normalized spacial score (nSPS) is 11.6. The van der Waals surface area contributed by atoms with Crippen LogP contribution in [-0.2, 0) is 10.0 Å². The van der Waals surface area contributed by atoms with E-state index in [1.165, 1.54) is 6.07 Å². The minimum Gasteiger partial charge on any atom is -0.361 e. The van der Waals surface area contributed by atoms with Crippen LogP contribution in [0.5, 0.6) is 0 Å². The molecule has 0 aliphatic carbocycles. The summed E-state index contributed by atoms with van der Waals surface area (Å²) in [5.41, 5.74) is 2.06. The van der Waals surface area contributed by atoms with Crippen LogP contribution in [0.25, 0.3) is 10.9 Å². The van der Waals surface area contributed by atoms with Gasteiger partial charge in [0.2, 0.25) is 0 Å². The van der Waals surface area contributed by atoms with Crippen LogP contribution in [0.4, 0.5) is 11.4 Å². The molecule has 124 valence electrons. The quantitative estimate of drug-likeness (QED) is 0.557. The Hall–Kier alpha value is -2.87. The molecule has 0 saturated carbocycles. The van der Waals surface area contributed by atoms with E-state index in [1.807, 2.05) is 6.07 Å². The Morgan fingerprint density at radius 1 is 1.12 bits per heavy atom. The number of rotatable bonds is 4. The van der Waals surface area contributed by atoms with Crippen molar-refractivity contribution in [2.75, 3.05) is 4.72 Å². The number of aryl methyl sites for hydroxylation is 1. The van der Waals surface area contributed by atoms with Crippen LogP contribution in [0.2, 0.25) is 0 Å². The van der Waals surface area contributed by atoms with E-state index in [0.717, 1.165) is 17.0 Å². The van der Waals surface area contributed by atoms with Crippen LogP contribution in [0.1, 0.15) is 11.1 Å². The molecule has 1 aromatic heterocycles. The lowest BCUT2D eigenvalue weighted by molar-refractivity contribution is -0.385. The highest BCUT2D eigenvalue weighted by molar-refractivity contribution is 7.92. The summed E-state index contributed by atoms with van der Waals surface area (Å²) in [5, 5.41) is 11.9. The zero-order valence-electron chi connectivity index (χ0n) is 13.0. The van der Waals surface area contributed by atoms with Gasteiger partial charge in [-0.3, -0.25) is 14.8 Å². The van der Waals surface area contributed by atoms with Gasteiger partial charge in [0.25, 0.3) is 15.7 Å². The van der Waals surface area contributed by atoms with Crippen LogP contribution in [-0.4, -0.2) is 18.3 Å². The lowest BCUT2D eigenvalue weighted by Gasteiger charge is -2.12. The molecule has 3 rings (SSSR count). The number of benzene rings is 2. The molecule has 0 amide bonds. The first-order chi connectivity index (χ1) is 11.3. The van der Waals surface area contributed by atoms with E-state index < -0.39 is 14.9 Å². The number of non-ortho nitro benzene ring substituents is 1. The first-order valence-corrected chi connectivity index (χ1v) is 8.62. The van der Waals surface area contributed by atoms with E-state index in [2.05, 4.69) is 9.71 Å². The second-order valence-corrected chi connectivity index (χ2v) is 7.18. The number of nitrogens with one attached hydrogen (secondary N) is 2. The largest absolute Gasteiger partial charge is 0.361 e. The van der Waals surface area contributed by atoms with Crippen molar-refractivity contribution in [3.63, 3.8) is 0 Å². The van der Waals surface area contributed by atoms with Crippen molar-refractivity contribution >= 4 is 32.3 Å². The molecule has 0 spiro atoms. The number of H-pyrrole nitrogens is 1. The highest BCUT2D eigenvalue weighted by Gasteiger charge is 2.22. The molecular formula is C16H15N3O4S. The molecule has 2 N–H and O–H groups in total. The number of anilines is 1. The molecule has 0 unspecified atom stereocenters. The molecule has 24 heavy (non-hydrogen) atoms. The van der Waals surface area contributed by atoms with E-state index in [1.54, 1.807) is 38.2 Å². The molecule has 8 heteroatoms. The third-order valence-corrected chi connectivity index (χ3v) is 5.42. The van der Waals surface area contributed by atoms with Crippen LogP contribution in [0, 0.1) is 24.0 Å². The lowest BCUT2D eigenvalue weighted by atomic mass is 10.1. The van der Waals surface area contributed by atoms with Crippen molar-refractivity contribution in [2.24, 2.45) is 0 Å². The van der Waals surface area contributed by atoms with Crippen LogP contribution >= 0.6 is 0 Å². The predicted molar refractivity (Wildman–Crippen MR) is 91.7 cm³/mol.